The Labute approximate surface area is 158 Å². The SMILES string of the molecule is OCCOc1cccc(CN2CCC[C@H]2c2nc(-c3ccccc3)no2)c1. The van der Waals surface area contributed by atoms with Gasteiger partial charge in [0.05, 0.1) is 12.6 Å². The molecule has 4 rings (SSSR count). The first-order chi connectivity index (χ1) is 13.3. The van der Waals surface area contributed by atoms with Crippen molar-refractivity contribution in [2.24, 2.45) is 0 Å². The summed E-state index contributed by atoms with van der Waals surface area (Å²) in [5, 5.41) is 13.1. The van der Waals surface area contributed by atoms with Crippen LogP contribution in [-0.2, 0) is 6.54 Å². The summed E-state index contributed by atoms with van der Waals surface area (Å²) in [5.41, 5.74) is 2.13. The molecule has 0 saturated carbocycles. The minimum atomic E-state index is 0.0132. The first kappa shape index (κ1) is 17.7. The van der Waals surface area contributed by atoms with Crippen molar-refractivity contribution >= 4 is 0 Å². The summed E-state index contributed by atoms with van der Waals surface area (Å²) < 4.78 is 11.1. The largest absolute Gasteiger partial charge is 0.491 e. The molecule has 140 valence electrons. The van der Waals surface area contributed by atoms with E-state index in [0.29, 0.717) is 18.3 Å². The van der Waals surface area contributed by atoms with Crippen molar-refractivity contribution in [3.05, 3.63) is 66.1 Å². The average Bonchev–Trinajstić information content (AvgIpc) is 3.37. The van der Waals surface area contributed by atoms with Gasteiger partial charge in [-0.25, -0.2) is 0 Å². The maximum absolute atomic E-state index is 8.92. The number of nitrogens with zero attached hydrogens (tertiary/aromatic N) is 3. The van der Waals surface area contributed by atoms with Crippen LogP contribution in [0, 0.1) is 0 Å². The van der Waals surface area contributed by atoms with Gasteiger partial charge >= 0.3 is 0 Å². The molecule has 2 heterocycles. The van der Waals surface area contributed by atoms with E-state index in [9.17, 15) is 0 Å². The van der Waals surface area contributed by atoms with Gasteiger partial charge in [-0.05, 0) is 37.1 Å². The monoisotopic (exact) mass is 365 g/mol. The van der Waals surface area contributed by atoms with Crippen LogP contribution < -0.4 is 4.74 Å². The Kier molecular flexibility index (Phi) is 5.46. The summed E-state index contributed by atoms with van der Waals surface area (Å²) in [6.45, 7) is 2.11. The van der Waals surface area contributed by atoms with E-state index in [1.54, 1.807) is 0 Å². The predicted molar refractivity (Wildman–Crippen MR) is 101 cm³/mol. The smallest absolute Gasteiger partial charge is 0.244 e. The molecular weight excluding hydrogens is 342 g/mol. The predicted octanol–water partition coefficient (Wildman–Crippen LogP) is 3.44. The fourth-order valence-electron chi connectivity index (χ4n) is 3.50. The van der Waals surface area contributed by atoms with Gasteiger partial charge in [0.2, 0.25) is 11.7 Å². The summed E-state index contributed by atoms with van der Waals surface area (Å²) in [4.78, 5) is 7.01. The number of ether oxygens (including phenoxy) is 1. The van der Waals surface area contributed by atoms with Crippen LogP contribution in [0.3, 0.4) is 0 Å². The molecule has 1 saturated heterocycles. The van der Waals surface area contributed by atoms with E-state index in [2.05, 4.69) is 21.1 Å². The van der Waals surface area contributed by atoms with Crippen molar-refractivity contribution in [3.63, 3.8) is 0 Å². The lowest BCUT2D eigenvalue weighted by atomic mass is 10.1. The average molecular weight is 365 g/mol. The Morgan fingerprint density at radius 3 is 2.89 bits per heavy atom. The third-order valence-corrected chi connectivity index (χ3v) is 4.77. The molecule has 1 N–H and O–H groups in total. The fourth-order valence-corrected chi connectivity index (χ4v) is 3.50. The van der Waals surface area contributed by atoms with Crippen LogP contribution >= 0.6 is 0 Å². The Bertz CT molecular complexity index is 866. The van der Waals surface area contributed by atoms with Crippen LogP contribution in [0.2, 0.25) is 0 Å². The second-order valence-corrected chi connectivity index (χ2v) is 6.67. The summed E-state index contributed by atoms with van der Waals surface area (Å²) >= 11 is 0. The van der Waals surface area contributed by atoms with Gasteiger partial charge < -0.3 is 14.4 Å². The van der Waals surface area contributed by atoms with Gasteiger partial charge in [-0.15, -0.1) is 0 Å². The third kappa shape index (κ3) is 4.18. The van der Waals surface area contributed by atoms with E-state index in [-0.39, 0.29) is 12.6 Å². The van der Waals surface area contributed by atoms with Gasteiger partial charge in [0, 0.05) is 12.1 Å². The highest BCUT2D eigenvalue weighted by Gasteiger charge is 2.30. The second-order valence-electron chi connectivity index (χ2n) is 6.67. The molecule has 1 aromatic heterocycles. The summed E-state index contributed by atoms with van der Waals surface area (Å²) in [7, 11) is 0. The van der Waals surface area contributed by atoms with Crippen molar-refractivity contribution in [2.45, 2.75) is 25.4 Å². The Morgan fingerprint density at radius 1 is 1.15 bits per heavy atom. The quantitative estimate of drug-likeness (QED) is 0.691. The maximum atomic E-state index is 8.92. The molecule has 1 fully saturated rings. The van der Waals surface area contributed by atoms with Crippen LogP contribution in [0.15, 0.2) is 59.1 Å². The van der Waals surface area contributed by atoms with Crippen LogP contribution in [0.5, 0.6) is 5.75 Å². The molecule has 6 heteroatoms. The van der Waals surface area contributed by atoms with Crippen molar-refractivity contribution < 1.29 is 14.4 Å². The minimum Gasteiger partial charge on any atom is -0.491 e. The number of likely N-dealkylation sites (tertiary alicyclic amines) is 1. The van der Waals surface area contributed by atoms with E-state index in [4.69, 9.17) is 14.4 Å². The topological polar surface area (TPSA) is 71.6 Å². The molecule has 0 radical (unpaired) electrons. The molecule has 3 aromatic rings. The van der Waals surface area contributed by atoms with Crippen molar-refractivity contribution in [3.8, 4) is 17.1 Å². The standard InChI is InChI=1S/C21H23N3O3/c25-12-13-26-18-9-4-6-16(14-18)15-24-11-5-10-19(24)21-22-20(23-27-21)17-7-2-1-3-8-17/h1-4,6-9,14,19,25H,5,10-13,15H2/t19-/m0/s1. The number of hydrogen-bond donors (Lipinski definition) is 1. The van der Waals surface area contributed by atoms with Gasteiger partial charge in [0.1, 0.15) is 12.4 Å². The Morgan fingerprint density at radius 2 is 2.04 bits per heavy atom. The van der Waals surface area contributed by atoms with E-state index in [1.165, 1.54) is 5.56 Å². The molecule has 1 aliphatic heterocycles. The summed E-state index contributed by atoms with van der Waals surface area (Å²) in [6.07, 6.45) is 2.12. The van der Waals surface area contributed by atoms with Crippen molar-refractivity contribution in [2.75, 3.05) is 19.8 Å². The number of rotatable bonds is 7. The molecule has 1 atom stereocenters. The molecule has 2 aromatic carbocycles. The van der Waals surface area contributed by atoms with E-state index >= 15 is 0 Å². The summed E-state index contributed by atoms with van der Waals surface area (Å²) in [6, 6.07) is 18.0. The Balaban J connectivity index is 1.47. The van der Waals surface area contributed by atoms with E-state index in [0.717, 1.165) is 37.2 Å². The fraction of sp³-hybridized carbons (Fsp3) is 0.333. The molecule has 27 heavy (non-hydrogen) atoms. The zero-order valence-electron chi connectivity index (χ0n) is 15.1. The third-order valence-electron chi connectivity index (χ3n) is 4.77. The first-order valence-corrected chi connectivity index (χ1v) is 9.29. The van der Waals surface area contributed by atoms with Gasteiger partial charge in [-0.2, -0.15) is 4.98 Å². The lowest BCUT2D eigenvalue weighted by Gasteiger charge is -2.21. The van der Waals surface area contributed by atoms with Gasteiger partial charge in [0.15, 0.2) is 0 Å². The van der Waals surface area contributed by atoms with Crippen LogP contribution in [0.1, 0.15) is 30.3 Å². The molecule has 0 amide bonds. The summed E-state index contributed by atoms with van der Waals surface area (Å²) in [5.74, 6) is 2.09. The number of hydrogen-bond acceptors (Lipinski definition) is 6. The lowest BCUT2D eigenvalue weighted by Crippen LogP contribution is -2.23. The lowest BCUT2D eigenvalue weighted by molar-refractivity contribution is 0.197. The van der Waals surface area contributed by atoms with Gasteiger partial charge in [0.25, 0.3) is 0 Å². The number of aliphatic hydroxyl groups excluding tert-OH is 1. The van der Waals surface area contributed by atoms with E-state index in [1.807, 2.05) is 48.5 Å². The normalized spacial score (nSPS) is 17.3. The molecule has 0 unspecified atom stereocenters. The van der Waals surface area contributed by atoms with Crippen LogP contribution in [0.4, 0.5) is 0 Å². The maximum Gasteiger partial charge on any atom is 0.244 e. The van der Waals surface area contributed by atoms with E-state index < -0.39 is 0 Å². The van der Waals surface area contributed by atoms with Gasteiger partial charge in [-0.1, -0.05) is 47.6 Å². The Hall–Kier alpha value is -2.70. The number of aliphatic hydroxyl groups is 1. The highest BCUT2D eigenvalue weighted by atomic mass is 16.5. The molecular formula is C21H23N3O3. The molecule has 0 aliphatic carbocycles. The zero-order chi connectivity index (χ0) is 18.5. The highest BCUT2D eigenvalue weighted by Crippen LogP contribution is 2.33. The molecule has 6 nitrogen and oxygen atoms in total. The zero-order valence-corrected chi connectivity index (χ0v) is 15.1. The van der Waals surface area contributed by atoms with Crippen molar-refractivity contribution in [1.29, 1.82) is 0 Å². The number of aromatic nitrogens is 2. The number of benzene rings is 2. The van der Waals surface area contributed by atoms with Crippen LogP contribution in [0.25, 0.3) is 11.4 Å². The molecule has 1 aliphatic rings. The first-order valence-electron chi connectivity index (χ1n) is 9.29. The minimum absolute atomic E-state index is 0.0132. The molecule has 0 bridgehead atoms. The van der Waals surface area contributed by atoms with Crippen LogP contribution in [-0.4, -0.2) is 39.9 Å². The second kappa shape index (κ2) is 8.33. The van der Waals surface area contributed by atoms with Crippen molar-refractivity contribution in [1.82, 2.24) is 15.0 Å². The molecule has 0 spiro atoms. The highest BCUT2D eigenvalue weighted by molar-refractivity contribution is 5.53. The van der Waals surface area contributed by atoms with Gasteiger partial charge in [-0.3, -0.25) is 4.90 Å².